The summed E-state index contributed by atoms with van der Waals surface area (Å²) >= 11 is 0. The molecule has 0 fully saturated rings. The molecule has 0 aromatic heterocycles. The van der Waals surface area contributed by atoms with Gasteiger partial charge in [-0.05, 0) is 31.9 Å². The summed E-state index contributed by atoms with van der Waals surface area (Å²) in [5, 5.41) is 2.86. The van der Waals surface area contributed by atoms with Gasteiger partial charge < -0.3 is 10.1 Å². The summed E-state index contributed by atoms with van der Waals surface area (Å²) in [7, 11) is 1.83. The zero-order valence-electron chi connectivity index (χ0n) is 8.66. The van der Waals surface area contributed by atoms with Crippen molar-refractivity contribution in [3.8, 4) is 0 Å². The number of allylic oxidation sites excluding steroid dienone is 4. The van der Waals surface area contributed by atoms with E-state index in [2.05, 4.69) is 23.5 Å². The Bertz CT molecular complexity index is 275. The normalized spacial score (nSPS) is 12.0. The second-order valence-corrected chi connectivity index (χ2v) is 2.43. The molecular formula is C11H16N2O. The van der Waals surface area contributed by atoms with Crippen LogP contribution in [0.3, 0.4) is 0 Å². The van der Waals surface area contributed by atoms with Crippen LogP contribution in [0.1, 0.15) is 6.92 Å². The maximum absolute atomic E-state index is 5.24. The van der Waals surface area contributed by atoms with Gasteiger partial charge >= 0.3 is 0 Å². The minimum absolute atomic E-state index is 0.344. The van der Waals surface area contributed by atoms with Gasteiger partial charge in [-0.2, -0.15) is 0 Å². The molecule has 0 aromatic rings. The van der Waals surface area contributed by atoms with E-state index >= 15 is 0 Å². The van der Waals surface area contributed by atoms with Crippen LogP contribution in [-0.2, 0) is 4.74 Å². The van der Waals surface area contributed by atoms with E-state index in [4.69, 9.17) is 4.74 Å². The summed E-state index contributed by atoms with van der Waals surface area (Å²) < 4.78 is 5.24. The molecule has 0 aromatic carbocycles. The molecule has 0 atom stereocenters. The maximum atomic E-state index is 5.24. The monoisotopic (exact) mass is 192 g/mol. The average molecular weight is 192 g/mol. The first kappa shape index (κ1) is 12.2. The van der Waals surface area contributed by atoms with Crippen molar-refractivity contribution in [1.82, 2.24) is 5.32 Å². The van der Waals surface area contributed by atoms with Gasteiger partial charge in [0.05, 0.1) is 0 Å². The lowest BCUT2D eigenvalue weighted by molar-refractivity contribution is 0.306. The van der Waals surface area contributed by atoms with Crippen molar-refractivity contribution in [2.45, 2.75) is 6.92 Å². The van der Waals surface area contributed by atoms with Crippen LogP contribution in [0, 0.1) is 0 Å². The highest BCUT2D eigenvalue weighted by molar-refractivity contribution is 5.70. The van der Waals surface area contributed by atoms with Crippen LogP contribution in [0.15, 0.2) is 54.2 Å². The first-order valence-electron chi connectivity index (χ1n) is 4.23. The van der Waals surface area contributed by atoms with Crippen molar-refractivity contribution in [1.29, 1.82) is 0 Å². The molecule has 1 N–H and O–H groups in total. The summed E-state index contributed by atoms with van der Waals surface area (Å²) in [5.41, 5.74) is 0. The lowest BCUT2D eigenvalue weighted by Gasteiger charge is -2.02. The van der Waals surface area contributed by atoms with Crippen LogP contribution in [0.25, 0.3) is 0 Å². The Kier molecular flexibility index (Phi) is 6.86. The second kappa shape index (κ2) is 7.86. The Balaban J connectivity index is 4.04. The lowest BCUT2D eigenvalue weighted by Crippen LogP contribution is -1.90. The van der Waals surface area contributed by atoms with E-state index in [1.807, 2.05) is 26.1 Å². The molecule has 0 bridgehead atoms. The molecule has 0 aliphatic rings. The van der Waals surface area contributed by atoms with E-state index in [9.17, 15) is 0 Å². The van der Waals surface area contributed by atoms with E-state index in [0.29, 0.717) is 5.88 Å². The highest BCUT2D eigenvalue weighted by Crippen LogP contribution is 2.04. The quantitative estimate of drug-likeness (QED) is 0.398. The van der Waals surface area contributed by atoms with Crippen LogP contribution in [0.5, 0.6) is 0 Å². The number of hydrogen-bond acceptors (Lipinski definition) is 3. The minimum Gasteiger partial charge on any atom is -0.444 e. The molecule has 0 spiro atoms. The molecule has 3 heteroatoms. The standard InChI is InChI=1S/C11H16N2O/c1-5-8-13-11(3)14-10(2)7-6-9-12-4/h5-9,12H,1,3H2,2,4H3/b9-6-,10-7?,13-8?. The van der Waals surface area contributed by atoms with Gasteiger partial charge in [0.1, 0.15) is 5.76 Å². The summed E-state index contributed by atoms with van der Waals surface area (Å²) in [5.74, 6) is 1.07. The van der Waals surface area contributed by atoms with Gasteiger partial charge in [-0.3, -0.25) is 0 Å². The predicted octanol–water partition coefficient (Wildman–Crippen LogP) is 2.37. The lowest BCUT2D eigenvalue weighted by atomic mass is 10.4. The Labute approximate surface area is 85.2 Å². The van der Waals surface area contributed by atoms with Crippen LogP contribution < -0.4 is 5.32 Å². The van der Waals surface area contributed by atoms with E-state index in [0.717, 1.165) is 5.76 Å². The Morgan fingerprint density at radius 3 is 2.79 bits per heavy atom. The van der Waals surface area contributed by atoms with Crippen LogP contribution in [0.4, 0.5) is 0 Å². The predicted molar refractivity (Wildman–Crippen MR) is 60.9 cm³/mol. The number of rotatable bonds is 6. The summed E-state index contributed by atoms with van der Waals surface area (Å²) in [6.45, 7) is 8.93. The Morgan fingerprint density at radius 2 is 2.21 bits per heavy atom. The number of hydrogen-bond donors (Lipinski definition) is 1. The highest BCUT2D eigenvalue weighted by atomic mass is 16.5. The number of aliphatic imine (C=N–C) groups is 1. The number of nitrogens with zero attached hydrogens (tertiary/aromatic N) is 1. The smallest absolute Gasteiger partial charge is 0.211 e. The zero-order chi connectivity index (χ0) is 10.8. The van der Waals surface area contributed by atoms with Crippen molar-refractivity contribution >= 4 is 6.21 Å². The molecule has 0 amide bonds. The fourth-order valence-corrected chi connectivity index (χ4v) is 0.662. The molecule has 0 heterocycles. The molecule has 0 aliphatic heterocycles. The minimum atomic E-state index is 0.344. The van der Waals surface area contributed by atoms with Gasteiger partial charge in [-0.15, -0.1) is 0 Å². The van der Waals surface area contributed by atoms with Crippen molar-refractivity contribution in [3.63, 3.8) is 0 Å². The van der Waals surface area contributed by atoms with Gasteiger partial charge in [-0.1, -0.05) is 12.7 Å². The summed E-state index contributed by atoms with van der Waals surface area (Å²) in [6.07, 6.45) is 8.53. The van der Waals surface area contributed by atoms with Crippen molar-refractivity contribution in [2.24, 2.45) is 4.99 Å². The molecule has 0 saturated heterocycles. The van der Waals surface area contributed by atoms with Gasteiger partial charge in [-0.25, -0.2) is 4.99 Å². The first-order chi connectivity index (χ1) is 6.70. The third-order valence-corrected chi connectivity index (χ3v) is 1.20. The molecule has 14 heavy (non-hydrogen) atoms. The summed E-state index contributed by atoms with van der Waals surface area (Å²) in [4.78, 5) is 3.87. The molecule has 0 aliphatic carbocycles. The van der Waals surface area contributed by atoms with Crippen molar-refractivity contribution in [2.75, 3.05) is 7.05 Å². The molecule has 0 radical (unpaired) electrons. The zero-order valence-corrected chi connectivity index (χ0v) is 8.66. The Hall–Kier alpha value is -1.77. The van der Waals surface area contributed by atoms with E-state index in [1.165, 1.54) is 6.21 Å². The average Bonchev–Trinajstić information content (AvgIpc) is 2.15. The van der Waals surface area contributed by atoms with Crippen LogP contribution in [-0.4, -0.2) is 13.3 Å². The SMILES string of the molecule is C=CC=NC(=C)OC(C)=C/C=C\NC. The van der Waals surface area contributed by atoms with E-state index < -0.39 is 0 Å². The van der Waals surface area contributed by atoms with Gasteiger partial charge in [0.2, 0.25) is 5.88 Å². The van der Waals surface area contributed by atoms with Crippen molar-refractivity contribution in [3.05, 3.63) is 49.2 Å². The maximum Gasteiger partial charge on any atom is 0.211 e. The number of ether oxygens (including phenoxy) is 1. The molecule has 76 valence electrons. The Morgan fingerprint density at radius 1 is 1.50 bits per heavy atom. The van der Waals surface area contributed by atoms with Crippen LogP contribution in [0.2, 0.25) is 0 Å². The molecule has 0 unspecified atom stereocenters. The van der Waals surface area contributed by atoms with E-state index in [1.54, 1.807) is 12.3 Å². The fraction of sp³-hybridized carbons (Fsp3) is 0.182. The third kappa shape index (κ3) is 6.91. The molecule has 0 saturated carbocycles. The molecule has 3 nitrogen and oxygen atoms in total. The van der Waals surface area contributed by atoms with Crippen LogP contribution >= 0.6 is 0 Å². The summed E-state index contributed by atoms with van der Waals surface area (Å²) in [6, 6.07) is 0. The van der Waals surface area contributed by atoms with Gasteiger partial charge in [0.15, 0.2) is 0 Å². The van der Waals surface area contributed by atoms with Crippen molar-refractivity contribution < 1.29 is 4.74 Å². The van der Waals surface area contributed by atoms with Gasteiger partial charge in [0.25, 0.3) is 0 Å². The fourth-order valence-electron chi connectivity index (χ4n) is 0.662. The molecular weight excluding hydrogens is 176 g/mol. The highest BCUT2D eigenvalue weighted by Gasteiger charge is 1.90. The number of nitrogens with one attached hydrogen (secondary N) is 1. The largest absolute Gasteiger partial charge is 0.444 e. The first-order valence-corrected chi connectivity index (χ1v) is 4.23. The van der Waals surface area contributed by atoms with E-state index in [-0.39, 0.29) is 0 Å². The second-order valence-electron chi connectivity index (χ2n) is 2.43. The molecule has 0 rings (SSSR count). The topological polar surface area (TPSA) is 33.6 Å². The third-order valence-electron chi connectivity index (χ3n) is 1.20. The van der Waals surface area contributed by atoms with Gasteiger partial charge in [0, 0.05) is 13.3 Å².